The first-order valence-electron chi connectivity index (χ1n) is 6.27. The number of nitrogens with one attached hydrogen (secondary N) is 1. The number of carbonyl (C=O) groups excluding carboxylic acids is 1. The lowest BCUT2D eigenvalue weighted by molar-refractivity contribution is 0.135. The molecule has 0 aliphatic heterocycles. The molecule has 0 aliphatic rings. The fourth-order valence-corrected chi connectivity index (χ4v) is 1.57. The molecule has 0 unspecified atom stereocenters. The van der Waals surface area contributed by atoms with Crippen LogP contribution in [0.25, 0.3) is 0 Å². The van der Waals surface area contributed by atoms with Crippen molar-refractivity contribution < 1.29 is 14.6 Å². The van der Waals surface area contributed by atoms with Crippen LogP contribution in [-0.2, 0) is 4.74 Å². The highest BCUT2D eigenvalue weighted by molar-refractivity contribution is 5.74. The number of methoxy groups -OCH3 is 1. The third-order valence-corrected chi connectivity index (χ3v) is 2.91. The normalized spacial score (nSPS) is 14.2. The maximum Gasteiger partial charge on any atom is 0.318 e. The summed E-state index contributed by atoms with van der Waals surface area (Å²) >= 11 is 0. The second-order valence-electron chi connectivity index (χ2n) is 4.18. The molecule has 102 valence electrons. The number of hydrogen-bond acceptors (Lipinski definition) is 3. The molecule has 2 atom stereocenters. The van der Waals surface area contributed by atoms with Crippen molar-refractivity contribution in [1.82, 2.24) is 10.2 Å². The van der Waals surface area contributed by atoms with Crippen LogP contribution in [0.5, 0.6) is 0 Å². The molecule has 0 aromatic rings. The van der Waals surface area contributed by atoms with Gasteiger partial charge in [0.05, 0.1) is 19.3 Å². The molecule has 0 aliphatic carbocycles. The van der Waals surface area contributed by atoms with Crippen LogP contribution in [0.4, 0.5) is 4.79 Å². The average molecular weight is 246 g/mol. The van der Waals surface area contributed by atoms with Crippen LogP contribution < -0.4 is 5.32 Å². The fourth-order valence-electron chi connectivity index (χ4n) is 1.57. The molecule has 0 saturated heterocycles. The van der Waals surface area contributed by atoms with Crippen LogP contribution in [0.15, 0.2) is 0 Å². The van der Waals surface area contributed by atoms with Gasteiger partial charge in [0.15, 0.2) is 0 Å². The van der Waals surface area contributed by atoms with Gasteiger partial charge in [-0.25, -0.2) is 4.79 Å². The largest absolute Gasteiger partial charge is 0.395 e. The lowest BCUT2D eigenvalue weighted by Gasteiger charge is -2.30. The zero-order valence-electron chi connectivity index (χ0n) is 11.4. The van der Waals surface area contributed by atoms with E-state index in [-0.39, 0.29) is 24.7 Å². The minimum absolute atomic E-state index is 0.0151. The monoisotopic (exact) mass is 246 g/mol. The Morgan fingerprint density at radius 1 is 1.41 bits per heavy atom. The van der Waals surface area contributed by atoms with Gasteiger partial charge < -0.3 is 20.1 Å². The van der Waals surface area contributed by atoms with Crippen molar-refractivity contribution in [3.63, 3.8) is 0 Å². The van der Waals surface area contributed by atoms with Gasteiger partial charge in [0, 0.05) is 19.7 Å². The van der Waals surface area contributed by atoms with E-state index in [9.17, 15) is 4.79 Å². The Kier molecular flexibility index (Phi) is 8.80. The van der Waals surface area contributed by atoms with E-state index < -0.39 is 0 Å². The molecule has 0 bridgehead atoms. The summed E-state index contributed by atoms with van der Waals surface area (Å²) in [6.07, 6.45) is 1.70. The average Bonchev–Trinajstić information content (AvgIpc) is 2.34. The van der Waals surface area contributed by atoms with Crippen molar-refractivity contribution in [2.75, 3.05) is 26.9 Å². The molecule has 0 aromatic heterocycles. The van der Waals surface area contributed by atoms with Gasteiger partial charge in [-0.2, -0.15) is 0 Å². The van der Waals surface area contributed by atoms with E-state index in [1.165, 1.54) is 0 Å². The lowest BCUT2D eigenvalue weighted by Crippen LogP contribution is -2.50. The van der Waals surface area contributed by atoms with E-state index in [2.05, 4.69) is 5.32 Å². The van der Waals surface area contributed by atoms with E-state index in [0.717, 1.165) is 12.8 Å². The summed E-state index contributed by atoms with van der Waals surface area (Å²) in [6.45, 7) is 6.86. The molecule has 2 amide bonds. The second-order valence-corrected chi connectivity index (χ2v) is 4.18. The first-order valence-corrected chi connectivity index (χ1v) is 6.27. The van der Waals surface area contributed by atoms with Crippen LogP contribution in [-0.4, -0.2) is 55.0 Å². The Morgan fingerprint density at radius 2 is 2.06 bits per heavy atom. The summed E-state index contributed by atoms with van der Waals surface area (Å²) in [7, 11) is 1.62. The van der Waals surface area contributed by atoms with Gasteiger partial charge in [0.25, 0.3) is 0 Å². The lowest BCUT2D eigenvalue weighted by atomic mass is 10.2. The van der Waals surface area contributed by atoms with Crippen molar-refractivity contribution in [3.8, 4) is 0 Å². The van der Waals surface area contributed by atoms with Crippen molar-refractivity contribution in [2.24, 2.45) is 0 Å². The summed E-state index contributed by atoms with van der Waals surface area (Å²) in [5.41, 5.74) is 0. The number of urea groups is 1. The fraction of sp³-hybridized carbons (Fsp3) is 0.917. The highest BCUT2D eigenvalue weighted by Crippen LogP contribution is 2.04. The van der Waals surface area contributed by atoms with Crippen molar-refractivity contribution in [1.29, 1.82) is 0 Å². The van der Waals surface area contributed by atoms with E-state index >= 15 is 0 Å². The van der Waals surface area contributed by atoms with Crippen molar-refractivity contribution in [3.05, 3.63) is 0 Å². The van der Waals surface area contributed by atoms with Gasteiger partial charge >= 0.3 is 6.03 Å². The summed E-state index contributed by atoms with van der Waals surface area (Å²) in [5, 5.41) is 11.9. The molecular formula is C12H26N2O3. The molecule has 0 saturated carbocycles. The molecule has 0 rings (SSSR count). The molecule has 17 heavy (non-hydrogen) atoms. The molecule has 0 heterocycles. The smallest absolute Gasteiger partial charge is 0.318 e. The number of hydrogen-bond donors (Lipinski definition) is 2. The van der Waals surface area contributed by atoms with Crippen LogP contribution in [0, 0.1) is 0 Å². The van der Waals surface area contributed by atoms with E-state index in [4.69, 9.17) is 9.84 Å². The Balaban J connectivity index is 4.39. The molecule has 5 nitrogen and oxygen atoms in total. The summed E-state index contributed by atoms with van der Waals surface area (Å²) in [6, 6.07) is 0.0252. The molecule has 0 aromatic carbocycles. The van der Waals surface area contributed by atoms with E-state index in [0.29, 0.717) is 13.2 Å². The standard InChI is InChI=1S/C12H26N2O3/c1-5-10(3)14(7-8-15)12(16)13-11(6-2)9-17-4/h10-11,15H,5-9H2,1-4H3,(H,13,16)/t10-,11+/m1/s1. The van der Waals surface area contributed by atoms with Crippen LogP contribution in [0.1, 0.15) is 33.6 Å². The third kappa shape index (κ3) is 5.89. The number of aliphatic hydroxyl groups is 1. The SMILES string of the molecule is CC[C@@H](COC)NC(=O)N(CCO)[C@H](C)CC. The predicted molar refractivity (Wildman–Crippen MR) is 68.0 cm³/mol. The highest BCUT2D eigenvalue weighted by Gasteiger charge is 2.20. The molecule has 5 heteroatoms. The Labute approximate surface area is 104 Å². The van der Waals surface area contributed by atoms with E-state index in [1.54, 1.807) is 12.0 Å². The maximum absolute atomic E-state index is 12.0. The molecule has 0 radical (unpaired) electrons. The van der Waals surface area contributed by atoms with Crippen molar-refractivity contribution >= 4 is 6.03 Å². The Morgan fingerprint density at radius 3 is 2.47 bits per heavy atom. The summed E-state index contributed by atoms with van der Waals surface area (Å²) in [5.74, 6) is 0. The number of rotatable bonds is 8. The Hall–Kier alpha value is -0.810. The van der Waals surface area contributed by atoms with Gasteiger partial charge in [-0.05, 0) is 19.8 Å². The topological polar surface area (TPSA) is 61.8 Å². The van der Waals surface area contributed by atoms with E-state index in [1.807, 2.05) is 20.8 Å². The highest BCUT2D eigenvalue weighted by atomic mass is 16.5. The first kappa shape index (κ1) is 16.2. The minimum Gasteiger partial charge on any atom is -0.395 e. The number of nitrogens with zero attached hydrogens (tertiary/aromatic N) is 1. The molecular weight excluding hydrogens is 220 g/mol. The number of carbonyl (C=O) groups is 1. The quantitative estimate of drug-likeness (QED) is 0.677. The molecule has 0 fully saturated rings. The van der Waals surface area contributed by atoms with Gasteiger partial charge in [0.1, 0.15) is 0 Å². The van der Waals surface area contributed by atoms with Crippen LogP contribution >= 0.6 is 0 Å². The summed E-state index contributed by atoms with van der Waals surface area (Å²) < 4.78 is 5.04. The zero-order chi connectivity index (χ0) is 13.3. The number of ether oxygens (including phenoxy) is 1. The maximum atomic E-state index is 12.0. The predicted octanol–water partition coefficient (Wildman–Crippen LogP) is 1.21. The number of amides is 2. The summed E-state index contributed by atoms with van der Waals surface area (Å²) in [4.78, 5) is 13.7. The third-order valence-electron chi connectivity index (χ3n) is 2.91. The number of aliphatic hydroxyl groups excluding tert-OH is 1. The van der Waals surface area contributed by atoms with Crippen LogP contribution in [0.2, 0.25) is 0 Å². The Bertz CT molecular complexity index is 212. The first-order chi connectivity index (χ1) is 8.10. The second kappa shape index (κ2) is 9.24. The zero-order valence-corrected chi connectivity index (χ0v) is 11.4. The minimum atomic E-state index is -0.127. The molecule has 0 spiro atoms. The van der Waals surface area contributed by atoms with Gasteiger partial charge in [0.2, 0.25) is 0 Å². The van der Waals surface area contributed by atoms with Crippen LogP contribution in [0.3, 0.4) is 0 Å². The van der Waals surface area contributed by atoms with Gasteiger partial charge in [-0.15, -0.1) is 0 Å². The van der Waals surface area contributed by atoms with Gasteiger partial charge in [-0.3, -0.25) is 0 Å². The van der Waals surface area contributed by atoms with Crippen molar-refractivity contribution in [2.45, 2.75) is 45.7 Å². The van der Waals surface area contributed by atoms with Gasteiger partial charge in [-0.1, -0.05) is 13.8 Å². The molecule has 2 N–H and O–H groups in total.